The van der Waals surface area contributed by atoms with Gasteiger partial charge >= 0.3 is 0 Å². The standard InChI is InChI=1S/C21H26N2O5/c1-6-23(7-2)21(25)14-8-10-15(11-9-14)22-20(24)16-12-13-17(26-3)19(28-5)18(16)27-4/h8-13H,6-7H2,1-5H3,(H,22,24). The van der Waals surface area contributed by atoms with Gasteiger partial charge in [0, 0.05) is 24.3 Å². The molecule has 0 radical (unpaired) electrons. The maximum atomic E-state index is 12.7. The zero-order valence-corrected chi connectivity index (χ0v) is 16.9. The number of hydrogen-bond acceptors (Lipinski definition) is 5. The lowest BCUT2D eigenvalue weighted by molar-refractivity contribution is 0.0773. The van der Waals surface area contributed by atoms with E-state index in [-0.39, 0.29) is 17.6 Å². The molecule has 150 valence electrons. The summed E-state index contributed by atoms with van der Waals surface area (Å²) < 4.78 is 15.9. The van der Waals surface area contributed by atoms with Crippen molar-refractivity contribution in [3.63, 3.8) is 0 Å². The number of hydrogen-bond donors (Lipinski definition) is 1. The third kappa shape index (κ3) is 4.36. The number of amides is 2. The second-order valence-electron chi connectivity index (χ2n) is 5.89. The Labute approximate surface area is 165 Å². The highest BCUT2D eigenvalue weighted by Crippen LogP contribution is 2.39. The lowest BCUT2D eigenvalue weighted by Crippen LogP contribution is -2.30. The predicted octanol–water partition coefficient (Wildman–Crippen LogP) is 3.45. The Morgan fingerprint density at radius 3 is 1.96 bits per heavy atom. The average molecular weight is 386 g/mol. The van der Waals surface area contributed by atoms with Gasteiger partial charge in [-0.05, 0) is 50.2 Å². The third-order valence-electron chi connectivity index (χ3n) is 4.39. The summed E-state index contributed by atoms with van der Waals surface area (Å²) >= 11 is 0. The van der Waals surface area contributed by atoms with Crippen molar-refractivity contribution in [3.8, 4) is 17.2 Å². The fourth-order valence-corrected chi connectivity index (χ4v) is 2.87. The zero-order chi connectivity index (χ0) is 20.7. The average Bonchev–Trinajstić information content (AvgIpc) is 2.73. The minimum atomic E-state index is -0.361. The number of ether oxygens (including phenoxy) is 3. The normalized spacial score (nSPS) is 10.2. The van der Waals surface area contributed by atoms with Crippen LogP contribution in [0.2, 0.25) is 0 Å². The minimum absolute atomic E-state index is 0.0376. The second-order valence-corrected chi connectivity index (χ2v) is 5.89. The number of methoxy groups -OCH3 is 3. The first kappa shape index (κ1) is 21.1. The Morgan fingerprint density at radius 1 is 0.857 bits per heavy atom. The molecule has 1 N–H and O–H groups in total. The van der Waals surface area contributed by atoms with Gasteiger partial charge in [0.2, 0.25) is 5.75 Å². The Bertz CT molecular complexity index is 829. The summed E-state index contributed by atoms with van der Waals surface area (Å²) in [6.07, 6.45) is 0. The Hall–Kier alpha value is -3.22. The van der Waals surface area contributed by atoms with Gasteiger partial charge < -0.3 is 24.4 Å². The van der Waals surface area contributed by atoms with Crippen LogP contribution in [0.1, 0.15) is 34.6 Å². The highest BCUT2D eigenvalue weighted by molar-refractivity contribution is 6.07. The van der Waals surface area contributed by atoms with E-state index < -0.39 is 0 Å². The van der Waals surface area contributed by atoms with Crippen molar-refractivity contribution in [2.45, 2.75) is 13.8 Å². The van der Waals surface area contributed by atoms with E-state index >= 15 is 0 Å². The summed E-state index contributed by atoms with van der Waals surface area (Å²) in [5.41, 5.74) is 1.45. The van der Waals surface area contributed by atoms with E-state index in [1.54, 1.807) is 41.3 Å². The first-order chi connectivity index (χ1) is 13.5. The van der Waals surface area contributed by atoms with Crippen molar-refractivity contribution >= 4 is 17.5 Å². The molecule has 2 aromatic rings. The zero-order valence-electron chi connectivity index (χ0n) is 16.9. The van der Waals surface area contributed by atoms with E-state index in [9.17, 15) is 9.59 Å². The molecule has 2 rings (SSSR count). The van der Waals surface area contributed by atoms with Gasteiger partial charge in [0.15, 0.2) is 11.5 Å². The number of anilines is 1. The lowest BCUT2D eigenvalue weighted by atomic mass is 10.1. The van der Waals surface area contributed by atoms with E-state index in [0.717, 1.165) is 0 Å². The number of rotatable bonds is 8. The van der Waals surface area contributed by atoms with E-state index in [4.69, 9.17) is 14.2 Å². The van der Waals surface area contributed by atoms with E-state index in [0.29, 0.717) is 41.4 Å². The van der Waals surface area contributed by atoms with Gasteiger partial charge in [-0.2, -0.15) is 0 Å². The van der Waals surface area contributed by atoms with Crippen molar-refractivity contribution in [1.29, 1.82) is 0 Å². The van der Waals surface area contributed by atoms with Crippen molar-refractivity contribution in [3.05, 3.63) is 47.5 Å². The molecule has 2 amide bonds. The van der Waals surface area contributed by atoms with Crippen molar-refractivity contribution < 1.29 is 23.8 Å². The molecule has 2 aromatic carbocycles. The van der Waals surface area contributed by atoms with E-state index in [1.165, 1.54) is 21.3 Å². The van der Waals surface area contributed by atoms with Crippen LogP contribution in [0.15, 0.2) is 36.4 Å². The first-order valence-electron chi connectivity index (χ1n) is 9.00. The van der Waals surface area contributed by atoms with E-state index in [2.05, 4.69) is 5.32 Å². The van der Waals surface area contributed by atoms with Gasteiger partial charge in [-0.1, -0.05) is 0 Å². The largest absolute Gasteiger partial charge is 0.493 e. The molecule has 7 nitrogen and oxygen atoms in total. The van der Waals surface area contributed by atoms with Crippen LogP contribution in [0.3, 0.4) is 0 Å². The van der Waals surface area contributed by atoms with Crippen LogP contribution >= 0.6 is 0 Å². The van der Waals surface area contributed by atoms with Crippen molar-refractivity contribution in [2.75, 3.05) is 39.7 Å². The molecule has 0 fully saturated rings. The van der Waals surface area contributed by atoms with Gasteiger partial charge in [0.1, 0.15) is 0 Å². The Kier molecular flexibility index (Phi) is 7.26. The SMILES string of the molecule is CCN(CC)C(=O)c1ccc(NC(=O)c2ccc(OC)c(OC)c2OC)cc1. The quantitative estimate of drug-likeness (QED) is 0.752. The second kappa shape index (κ2) is 9.64. The molecular weight excluding hydrogens is 360 g/mol. The molecule has 0 heterocycles. The molecule has 0 saturated carbocycles. The van der Waals surface area contributed by atoms with Gasteiger partial charge in [0.05, 0.1) is 26.9 Å². The lowest BCUT2D eigenvalue weighted by Gasteiger charge is -2.18. The molecule has 28 heavy (non-hydrogen) atoms. The topological polar surface area (TPSA) is 77.1 Å². The predicted molar refractivity (Wildman–Crippen MR) is 108 cm³/mol. The van der Waals surface area contributed by atoms with Gasteiger partial charge in [0.25, 0.3) is 11.8 Å². The minimum Gasteiger partial charge on any atom is -0.493 e. The summed E-state index contributed by atoms with van der Waals surface area (Å²) in [5.74, 6) is 0.700. The van der Waals surface area contributed by atoms with Crippen LogP contribution < -0.4 is 19.5 Å². The summed E-state index contributed by atoms with van der Waals surface area (Å²) in [7, 11) is 4.45. The van der Waals surface area contributed by atoms with Gasteiger partial charge in [-0.15, -0.1) is 0 Å². The van der Waals surface area contributed by atoms with Crippen molar-refractivity contribution in [1.82, 2.24) is 4.90 Å². The van der Waals surface area contributed by atoms with Gasteiger partial charge in [-0.3, -0.25) is 9.59 Å². The molecule has 0 aliphatic carbocycles. The van der Waals surface area contributed by atoms with Crippen LogP contribution in [0.4, 0.5) is 5.69 Å². The first-order valence-corrected chi connectivity index (χ1v) is 9.00. The van der Waals surface area contributed by atoms with E-state index in [1.807, 2.05) is 13.8 Å². The van der Waals surface area contributed by atoms with Crippen LogP contribution in [0.25, 0.3) is 0 Å². The summed E-state index contributed by atoms with van der Waals surface area (Å²) in [5, 5.41) is 2.80. The van der Waals surface area contributed by atoms with Crippen LogP contribution in [-0.2, 0) is 0 Å². The maximum Gasteiger partial charge on any atom is 0.259 e. The number of nitrogens with one attached hydrogen (secondary N) is 1. The number of carbonyl (C=O) groups is 2. The van der Waals surface area contributed by atoms with Gasteiger partial charge in [-0.25, -0.2) is 0 Å². The molecule has 7 heteroatoms. The Balaban J connectivity index is 2.23. The summed E-state index contributed by atoms with van der Waals surface area (Å²) in [6, 6.07) is 10.0. The molecule has 0 saturated heterocycles. The molecular formula is C21H26N2O5. The highest BCUT2D eigenvalue weighted by atomic mass is 16.5. The molecule has 0 aromatic heterocycles. The van der Waals surface area contributed by atoms with Crippen LogP contribution in [0.5, 0.6) is 17.2 Å². The molecule has 0 bridgehead atoms. The molecule has 0 atom stereocenters. The number of nitrogens with zero attached hydrogens (tertiary/aromatic N) is 1. The fraction of sp³-hybridized carbons (Fsp3) is 0.333. The molecule has 0 aliphatic rings. The smallest absolute Gasteiger partial charge is 0.259 e. The summed E-state index contributed by atoms with van der Waals surface area (Å²) in [4.78, 5) is 26.8. The summed E-state index contributed by atoms with van der Waals surface area (Å²) in [6.45, 7) is 5.17. The number of carbonyl (C=O) groups excluding carboxylic acids is 2. The Morgan fingerprint density at radius 2 is 1.46 bits per heavy atom. The number of benzene rings is 2. The van der Waals surface area contributed by atoms with Crippen LogP contribution in [0, 0.1) is 0 Å². The molecule has 0 unspecified atom stereocenters. The third-order valence-corrected chi connectivity index (χ3v) is 4.39. The molecule has 0 aliphatic heterocycles. The van der Waals surface area contributed by atoms with Crippen molar-refractivity contribution in [2.24, 2.45) is 0 Å². The molecule has 0 spiro atoms. The fourth-order valence-electron chi connectivity index (χ4n) is 2.87. The monoisotopic (exact) mass is 386 g/mol. The maximum absolute atomic E-state index is 12.7. The highest BCUT2D eigenvalue weighted by Gasteiger charge is 2.21. The van der Waals surface area contributed by atoms with Crippen LogP contribution in [-0.4, -0.2) is 51.1 Å².